The number of carboxylic acid groups (broad SMARTS) is 1. The summed E-state index contributed by atoms with van der Waals surface area (Å²) in [6, 6.07) is 9.74. The first-order valence-corrected chi connectivity index (χ1v) is 4.63. The molecule has 1 N–H and O–H groups in total. The number of benzene rings is 1. The lowest BCUT2D eigenvalue weighted by molar-refractivity contribution is -0.132. The monoisotopic (exact) mass is 191 g/mol. The molecular formula is C10H7O2S. The summed E-state index contributed by atoms with van der Waals surface area (Å²) in [6.07, 6.45) is 1.23. The van der Waals surface area contributed by atoms with E-state index in [2.05, 4.69) is 0 Å². The van der Waals surface area contributed by atoms with Crippen molar-refractivity contribution < 1.29 is 9.90 Å². The Bertz CT molecular complexity index is 412. The van der Waals surface area contributed by atoms with Crippen molar-refractivity contribution >= 4 is 27.4 Å². The predicted octanol–water partition coefficient (Wildman–Crippen LogP) is 2.54. The van der Waals surface area contributed by atoms with Crippen LogP contribution in [0.1, 0.15) is 4.88 Å². The van der Waals surface area contributed by atoms with E-state index >= 15 is 0 Å². The van der Waals surface area contributed by atoms with Crippen LogP contribution in [-0.2, 0) is 4.79 Å². The lowest BCUT2D eigenvalue weighted by atomic mass is 10.2. The maximum Gasteiger partial charge on any atom is 0.313 e. The summed E-state index contributed by atoms with van der Waals surface area (Å²) in [4.78, 5) is 11.2. The third kappa shape index (κ3) is 1.70. The molecule has 65 valence electrons. The van der Waals surface area contributed by atoms with Crippen LogP contribution in [0.25, 0.3) is 10.1 Å². The maximum atomic E-state index is 10.4. The molecule has 0 aliphatic heterocycles. The highest BCUT2D eigenvalue weighted by Crippen LogP contribution is 2.26. The zero-order valence-corrected chi connectivity index (χ0v) is 7.54. The van der Waals surface area contributed by atoms with Crippen LogP contribution in [0.5, 0.6) is 0 Å². The highest BCUT2D eigenvalue weighted by atomic mass is 32.1. The molecule has 1 heterocycles. The minimum Gasteiger partial charge on any atom is -0.481 e. The van der Waals surface area contributed by atoms with Gasteiger partial charge >= 0.3 is 5.97 Å². The van der Waals surface area contributed by atoms with Crippen LogP contribution in [0.2, 0.25) is 0 Å². The minimum absolute atomic E-state index is 0.786. The largest absolute Gasteiger partial charge is 0.481 e. The number of fused-ring (bicyclic) bond motifs is 1. The van der Waals surface area contributed by atoms with Crippen LogP contribution < -0.4 is 0 Å². The second-order valence-corrected chi connectivity index (χ2v) is 3.78. The molecule has 1 aromatic carbocycles. The fraction of sp³-hybridized carbons (Fsp3) is 0. The standard InChI is InChI=1S/C10H7O2S/c11-10(12)6-8-5-7-3-1-2-4-9(7)13-8/h1-6H,(H,11,12). The first-order chi connectivity index (χ1) is 6.25. The molecule has 1 aromatic heterocycles. The Morgan fingerprint density at radius 1 is 1.38 bits per heavy atom. The smallest absolute Gasteiger partial charge is 0.313 e. The zero-order chi connectivity index (χ0) is 9.26. The summed E-state index contributed by atoms with van der Waals surface area (Å²) in [5.74, 6) is -0.897. The Labute approximate surface area is 79.4 Å². The van der Waals surface area contributed by atoms with Crippen molar-refractivity contribution in [3.05, 3.63) is 41.6 Å². The molecule has 13 heavy (non-hydrogen) atoms. The van der Waals surface area contributed by atoms with Gasteiger partial charge in [0.2, 0.25) is 0 Å². The molecule has 0 saturated heterocycles. The van der Waals surface area contributed by atoms with Crippen LogP contribution in [0.3, 0.4) is 0 Å². The Morgan fingerprint density at radius 2 is 2.15 bits per heavy atom. The number of carbonyl (C=O) groups is 1. The molecule has 0 aliphatic rings. The van der Waals surface area contributed by atoms with Gasteiger partial charge in [-0.1, -0.05) is 18.2 Å². The van der Waals surface area contributed by atoms with Crippen LogP contribution >= 0.6 is 11.3 Å². The summed E-state index contributed by atoms with van der Waals surface area (Å²) in [5.41, 5.74) is 0. The molecular weight excluding hydrogens is 184 g/mol. The van der Waals surface area contributed by atoms with Gasteiger partial charge in [0.15, 0.2) is 0 Å². The Hall–Kier alpha value is -1.35. The topological polar surface area (TPSA) is 37.3 Å². The number of thiophene rings is 1. The number of hydrogen-bond donors (Lipinski definition) is 1. The van der Waals surface area contributed by atoms with E-state index in [0.717, 1.165) is 15.0 Å². The summed E-state index contributed by atoms with van der Waals surface area (Å²) in [5, 5.41) is 9.64. The van der Waals surface area contributed by atoms with Gasteiger partial charge in [-0.3, -0.25) is 4.79 Å². The van der Waals surface area contributed by atoms with E-state index in [9.17, 15) is 4.79 Å². The van der Waals surface area contributed by atoms with Crippen molar-refractivity contribution in [2.24, 2.45) is 0 Å². The van der Waals surface area contributed by atoms with Gasteiger partial charge in [-0.05, 0) is 17.5 Å². The Morgan fingerprint density at radius 3 is 2.85 bits per heavy atom. The SMILES string of the molecule is O=C(O)[CH]c1cc2ccccc2s1. The van der Waals surface area contributed by atoms with Gasteiger partial charge in [0.1, 0.15) is 6.42 Å². The van der Waals surface area contributed by atoms with E-state index in [4.69, 9.17) is 5.11 Å². The third-order valence-electron chi connectivity index (χ3n) is 1.71. The fourth-order valence-electron chi connectivity index (χ4n) is 1.20. The van der Waals surface area contributed by atoms with Gasteiger partial charge in [0.25, 0.3) is 0 Å². The summed E-state index contributed by atoms with van der Waals surface area (Å²) >= 11 is 1.49. The van der Waals surface area contributed by atoms with Crippen LogP contribution in [0, 0.1) is 6.42 Å². The lowest BCUT2D eigenvalue weighted by Gasteiger charge is -1.84. The quantitative estimate of drug-likeness (QED) is 0.792. The van der Waals surface area contributed by atoms with Gasteiger partial charge in [0.05, 0.1) is 0 Å². The molecule has 2 aromatic rings. The van der Waals surface area contributed by atoms with E-state index in [0.29, 0.717) is 0 Å². The first-order valence-electron chi connectivity index (χ1n) is 3.82. The molecule has 0 aliphatic carbocycles. The van der Waals surface area contributed by atoms with E-state index in [1.807, 2.05) is 30.3 Å². The highest BCUT2D eigenvalue weighted by molar-refractivity contribution is 7.19. The van der Waals surface area contributed by atoms with Gasteiger partial charge in [-0.2, -0.15) is 0 Å². The average molecular weight is 191 g/mol. The lowest BCUT2D eigenvalue weighted by Crippen LogP contribution is -1.93. The molecule has 1 radical (unpaired) electrons. The van der Waals surface area contributed by atoms with Gasteiger partial charge < -0.3 is 5.11 Å². The highest BCUT2D eigenvalue weighted by Gasteiger charge is 2.05. The molecule has 0 fully saturated rings. The molecule has 0 atom stereocenters. The van der Waals surface area contributed by atoms with E-state index in [-0.39, 0.29) is 0 Å². The van der Waals surface area contributed by atoms with Crippen LogP contribution in [0.4, 0.5) is 0 Å². The number of aliphatic carboxylic acids is 1. The van der Waals surface area contributed by atoms with Crippen LogP contribution in [-0.4, -0.2) is 11.1 Å². The average Bonchev–Trinajstić information content (AvgIpc) is 2.44. The van der Waals surface area contributed by atoms with Gasteiger partial charge in [-0.15, -0.1) is 11.3 Å². The molecule has 2 rings (SSSR count). The normalized spacial score (nSPS) is 10.5. The van der Waals surface area contributed by atoms with Crippen molar-refractivity contribution in [1.82, 2.24) is 0 Å². The second kappa shape index (κ2) is 3.18. The molecule has 3 heteroatoms. The molecule has 0 unspecified atom stereocenters. The van der Waals surface area contributed by atoms with Gasteiger partial charge in [0, 0.05) is 9.58 Å². The van der Waals surface area contributed by atoms with Gasteiger partial charge in [-0.25, -0.2) is 0 Å². The summed E-state index contributed by atoms with van der Waals surface area (Å²) in [6.45, 7) is 0. The van der Waals surface area contributed by atoms with Crippen molar-refractivity contribution in [2.45, 2.75) is 0 Å². The maximum absolute atomic E-state index is 10.4. The molecule has 0 amide bonds. The molecule has 0 bridgehead atoms. The van der Waals surface area contributed by atoms with Crippen molar-refractivity contribution in [1.29, 1.82) is 0 Å². The van der Waals surface area contributed by atoms with Crippen molar-refractivity contribution in [3.8, 4) is 0 Å². The van der Waals surface area contributed by atoms with E-state index < -0.39 is 5.97 Å². The van der Waals surface area contributed by atoms with Crippen LogP contribution in [0.15, 0.2) is 30.3 Å². The van der Waals surface area contributed by atoms with Crippen molar-refractivity contribution in [2.75, 3.05) is 0 Å². The first kappa shape index (κ1) is 8.26. The Kier molecular flexibility index (Phi) is 2.02. The molecule has 0 saturated carbocycles. The summed E-state index contributed by atoms with van der Waals surface area (Å²) < 4.78 is 1.12. The summed E-state index contributed by atoms with van der Waals surface area (Å²) in [7, 11) is 0. The van der Waals surface area contributed by atoms with Crippen molar-refractivity contribution in [3.63, 3.8) is 0 Å². The number of carboxylic acids is 1. The predicted molar refractivity (Wildman–Crippen MR) is 52.9 cm³/mol. The third-order valence-corrected chi connectivity index (χ3v) is 2.77. The van der Waals surface area contributed by atoms with E-state index in [1.54, 1.807) is 0 Å². The van der Waals surface area contributed by atoms with E-state index in [1.165, 1.54) is 17.8 Å². The zero-order valence-electron chi connectivity index (χ0n) is 6.73. The fourth-order valence-corrected chi connectivity index (χ4v) is 2.19. The Balaban J connectivity index is 2.44. The number of rotatable bonds is 2. The number of hydrogen-bond acceptors (Lipinski definition) is 2. The molecule has 2 nitrogen and oxygen atoms in total. The second-order valence-electron chi connectivity index (χ2n) is 2.67. The minimum atomic E-state index is -0.897. The molecule has 0 spiro atoms.